The number of amidine groups is 1. The number of fused-ring (bicyclic) bond motifs is 1. The van der Waals surface area contributed by atoms with E-state index >= 15 is 0 Å². The fourth-order valence-corrected chi connectivity index (χ4v) is 2.51. The molecular weight excluding hydrogens is 298 g/mol. The summed E-state index contributed by atoms with van der Waals surface area (Å²) in [6.45, 7) is 4.58. The molecule has 0 bridgehead atoms. The van der Waals surface area contributed by atoms with Crippen molar-refractivity contribution in [3.8, 4) is 0 Å². The van der Waals surface area contributed by atoms with Gasteiger partial charge in [0, 0.05) is 11.6 Å². The van der Waals surface area contributed by atoms with Gasteiger partial charge in [-0.05, 0) is 6.08 Å². The molecule has 0 aromatic carbocycles. The predicted molar refractivity (Wildman–Crippen MR) is 65.6 cm³/mol. The highest BCUT2D eigenvalue weighted by molar-refractivity contribution is 5.91. The average molecular weight is 312 g/mol. The molecule has 0 spiro atoms. The number of halogens is 6. The third kappa shape index (κ3) is 2.15. The van der Waals surface area contributed by atoms with Crippen LogP contribution in [0.5, 0.6) is 0 Å². The highest BCUT2D eigenvalue weighted by Gasteiger charge is 2.78. The Balaban J connectivity index is 2.73. The molecule has 1 atom stereocenters. The Hall–Kier alpha value is -1.47. The Labute approximate surface area is 117 Å². The minimum absolute atomic E-state index is 0.234. The van der Waals surface area contributed by atoms with Crippen molar-refractivity contribution in [1.82, 2.24) is 4.90 Å². The number of aliphatic imine (C=N–C) groups is 1. The van der Waals surface area contributed by atoms with Crippen LogP contribution in [0.25, 0.3) is 0 Å². The number of alkyl halides is 6. The van der Waals surface area contributed by atoms with Crippen LogP contribution < -0.4 is 0 Å². The molecule has 2 aliphatic rings. The molecule has 2 nitrogen and oxygen atoms in total. The molecule has 2 heterocycles. The highest BCUT2D eigenvalue weighted by atomic mass is 19.4. The lowest BCUT2D eigenvalue weighted by molar-refractivity contribution is -0.299. The molecular formula is C13H14F6N2. The van der Waals surface area contributed by atoms with Crippen molar-refractivity contribution in [3.63, 3.8) is 0 Å². The van der Waals surface area contributed by atoms with E-state index in [4.69, 9.17) is 0 Å². The minimum Gasteiger partial charge on any atom is -0.326 e. The van der Waals surface area contributed by atoms with Crippen molar-refractivity contribution in [2.75, 3.05) is 0 Å². The van der Waals surface area contributed by atoms with E-state index in [0.717, 1.165) is 11.0 Å². The van der Waals surface area contributed by atoms with Crippen LogP contribution in [0, 0.1) is 5.41 Å². The highest BCUT2D eigenvalue weighted by Crippen LogP contribution is 2.54. The van der Waals surface area contributed by atoms with E-state index in [1.807, 2.05) is 0 Å². The third-order valence-electron chi connectivity index (χ3n) is 3.44. The van der Waals surface area contributed by atoms with E-state index in [0.29, 0.717) is 0 Å². The topological polar surface area (TPSA) is 15.6 Å². The maximum absolute atomic E-state index is 13.3. The van der Waals surface area contributed by atoms with Crippen molar-refractivity contribution in [2.45, 2.75) is 44.7 Å². The summed E-state index contributed by atoms with van der Waals surface area (Å²) >= 11 is 0. The van der Waals surface area contributed by atoms with Gasteiger partial charge in [-0.2, -0.15) is 26.3 Å². The average Bonchev–Trinajstić information content (AvgIpc) is 2.63. The first-order valence-corrected chi connectivity index (χ1v) is 6.19. The second kappa shape index (κ2) is 4.27. The summed E-state index contributed by atoms with van der Waals surface area (Å²) in [6.07, 6.45) is -6.43. The van der Waals surface area contributed by atoms with E-state index in [-0.39, 0.29) is 5.84 Å². The zero-order valence-corrected chi connectivity index (χ0v) is 11.5. The number of hydrogen-bond acceptors (Lipinski definition) is 2. The van der Waals surface area contributed by atoms with E-state index in [1.54, 1.807) is 0 Å². The maximum atomic E-state index is 13.3. The van der Waals surface area contributed by atoms with Gasteiger partial charge in [-0.3, -0.25) is 0 Å². The molecule has 0 aromatic rings. The first-order chi connectivity index (χ1) is 9.32. The first kappa shape index (κ1) is 15.9. The maximum Gasteiger partial charge on any atom is 0.425 e. The Morgan fingerprint density at radius 1 is 1.00 bits per heavy atom. The van der Waals surface area contributed by atoms with Crippen LogP contribution in [0.3, 0.4) is 0 Å². The SMILES string of the molecule is CC(C)(C)C1=NC(C(F)(F)F)(C(F)(F)F)C2C=CC=CN12. The van der Waals surface area contributed by atoms with E-state index < -0.39 is 29.3 Å². The first-order valence-electron chi connectivity index (χ1n) is 6.19. The Bertz CT molecular complexity index is 504. The van der Waals surface area contributed by atoms with Gasteiger partial charge in [0.25, 0.3) is 5.54 Å². The molecule has 0 amide bonds. The lowest BCUT2D eigenvalue weighted by Gasteiger charge is -2.38. The minimum atomic E-state index is -5.54. The molecule has 1 unspecified atom stereocenters. The number of rotatable bonds is 0. The van der Waals surface area contributed by atoms with E-state index in [1.165, 1.54) is 39.1 Å². The standard InChI is InChI=1S/C13H14F6N2/c1-10(2,3)9-20-11(12(14,15)16,13(17,18)19)8-6-4-5-7-21(8)9/h4-8H,1-3H3. The van der Waals surface area contributed by atoms with Crippen LogP contribution >= 0.6 is 0 Å². The van der Waals surface area contributed by atoms with E-state index in [2.05, 4.69) is 4.99 Å². The molecule has 118 valence electrons. The van der Waals surface area contributed by atoms with Crippen LogP contribution in [-0.2, 0) is 0 Å². The molecule has 0 aliphatic carbocycles. The summed E-state index contributed by atoms with van der Waals surface area (Å²) < 4.78 is 80.0. The van der Waals surface area contributed by atoms with E-state index in [9.17, 15) is 26.3 Å². The van der Waals surface area contributed by atoms with Gasteiger partial charge in [0.05, 0.1) is 6.04 Å². The lowest BCUT2D eigenvalue weighted by Crippen LogP contribution is -2.63. The largest absolute Gasteiger partial charge is 0.425 e. The molecule has 8 heteroatoms. The van der Waals surface area contributed by atoms with Crippen molar-refractivity contribution in [1.29, 1.82) is 0 Å². The van der Waals surface area contributed by atoms with Gasteiger partial charge in [-0.25, -0.2) is 4.99 Å². The summed E-state index contributed by atoms with van der Waals surface area (Å²) in [4.78, 5) is 4.13. The fraction of sp³-hybridized carbons (Fsp3) is 0.615. The predicted octanol–water partition coefficient (Wildman–Crippen LogP) is 4.06. The number of allylic oxidation sites excluding steroid dienone is 2. The second-order valence-corrected chi connectivity index (χ2v) is 6.03. The summed E-state index contributed by atoms with van der Waals surface area (Å²) in [7, 11) is 0. The molecule has 0 saturated carbocycles. The van der Waals surface area contributed by atoms with Crippen molar-refractivity contribution in [3.05, 3.63) is 24.4 Å². The van der Waals surface area contributed by atoms with Crippen molar-refractivity contribution >= 4 is 5.84 Å². The smallest absolute Gasteiger partial charge is 0.326 e. The molecule has 0 saturated heterocycles. The van der Waals surface area contributed by atoms with Crippen LogP contribution in [0.1, 0.15) is 20.8 Å². The van der Waals surface area contributed by atoms with Crippen LogP contribution in [0.15, 0.2) is 29.4 Å². The Kier molecular flexibility index (Phi) is 3.23. The summed E-state index contributed by atoms with van der Waals surface area (Å²) in [5.74, 6) is -0.234. The zero-order chi connectivity index (χ0) is 16.3. The van der Waals surface area contributed by atoms with Gasteiger partial charge < -0.3 is 4.90 Å². The molecule has 2 aliphatic heterocycles. The van der Waals surface area contributed by atoms with Gasteiger partial charge in [0.15, 0.2) is 0 Å². The van der Waals surface area contributed by atoms with Crippen molar-refractivity contribution < 1.29 is 26.3 Å². The lowest BCUT2D eigenvalue weighted by atomic mass is 9.88. The third-order valence-corrected chi connectivity index (χ3v) is 3.44. The van der Waals surface area contributed by atoms with Gasteiger partial charge in [-0.1, -0.05) is 32.9 Å². The Morgan fingerprint density at radius 3 is 1.95 bits per heavy atom. The number of nitrogens with zero attached hydrogens (tertiary/aromatic N) is 2. The quantitative estimate of drug-likeness (QED) is 0.616. The zero-order valence-electron chi connectivity index (χ0n) is 11.5. The van der Waals surface area contributed by atoms with Gasteiger partial charge >= 0.3 is 12.4 Å². The summed E-state index contributed by atoms with van der Waals surface area (Å²) in [5.41, 5.74) is -5.09. The second-order valence-electron chi connectivity index (χ2n) is 6.03. The monoisotopic (exact) mass is 312 g/mol. The molecule has 0 N–H and O–H groups in total. The van der Waals surface area contributed by atoms with Gasteiger partial charge in [0.2, 0.25) is 0 Å². The van der Waals surface area contributed by atoms with Crippen LogP contribution in [0.4, 0.5) is 26.3 Å². The van der Waals surface area contributed by atoms with Gasteiger partial charge in [0.1, 0.15) is 5.84 Å². The van der Waals surface area contributed by atoms with Crippen LogP contribution in [0.2, 0.25) is 0 Å². The summed E-state index contributed by atoms with van der Waals surface area (Å²) in [6, 6.07) is -1.95. The number of hydrogen-bond donors (Lipinski definition) is 0. The van der Waals surface area contributed by atoms with Gasteiger partial charge in [-0.15, -0.1) is 0 Å². The Morgan fingerprint density at radius 2 is 1.52 bits per heavy atom. The molecule has 0 radical (unpaired) electrons. The summed E-state index contributed by atoms with van der Waals surface area (Å²) in [5, 5.41) is 0. The fourth-order valence-electron chi connectivity index (χ4n) is 2.51. The molecule has 2 rings (SSSR count). The normalized spacial score (nSPS) is 25.1. The molecule has 0 aromatic heterocycles. The van der Waals surface area contributed by atoms with Crippen molar-refractivity contribution in [2.24, 2.45) is 10.4 Å². The molecule has 0 fully saturated rings. The molecule has 21 heavy (non-hydrogen) atoms. The van der Waals surface area contributed by atoms with Crippen LogP contribution in [-0.4, -0.2) is 34.7 Å².